The summed E-state index contributed by atoms with van der Waals surface area (Å²) in [6, 6.07) is 13.0. The first-order valence-electron chi connectivity index (χ1n) is 7.59. The fourth-order valence-electron chi connectivity index (χ4n) is 2.05. The number of hydrogen-bond acceptors (Lipinski definition) is 7. The summed E-state index contributed by atoms with van der Waals surface area (Å²) in [7, 11) is 0. The second kappa shape index (κ2) is 7.70. The maximum Gasteiger partial charge on any atom is 0.269 e. The van der Waals surface area contributed by atoms with Gasteiger partial charge in [-0.25, -0.2) is 0 Å². The highest BCUT2D eigenvalue weighted by Gasteiger charge is 2.12. The van der Waals surface area contributed by atoms with Gasteiger partial charge in [-0.05, 0) is 31.2 Å². The highest BCUT2D eigenvalue weighted by Crippen LogP contribution is 2.20. The van der Waals surface area contributed by atoms with E-state index in [0.29, 0.717) is 15.7 Å². The van der Waals surface area contributed by atoms with Crippen LogP contribution >= 0.6 is 11.3 Å². The van der Waals surface area contributed by atoms with E-state index in [1.54, 1.807) is 0 Å². The number of carbonyl (C=O) groups is 1. The van der Waals surface area contributed by atoms with Gasteiger partial charge in [0.05, 0.1) is 4.92 Å². The molecular weight excluding hydrogens is 356 g/mol. The zero-order valence-electron chi connectivity index (χ0n) is 13.7. The van der Waals surface area contributed by atoms with Crippen LogP contribution in [0.1, 0.15) is 20.9 Å². The molecule has 3 rings (SSSR count). The van der Waals surface area contributed by atoms with Gasteiger partial charge in [0, 0.05) is 17.7 Å². The topological polar surface area (TPSA) is 107 Å². The van der Waals surface area contributed by atoms with Gasteiger partial charge in [0.1, 0.15) is 12.4 Å². The van der Waals surface area contributed by atoms with Gasteiger partial charge in [-0.2, -0.15) is 0 Å². The van der Waals surface area contributed by atoms with Crippen molar-refractivity contribution in [3.8, 4) is 5.75 Å². The lowest BCUT2D eigenvalue weighted by atomic mass is 10.2. The Labute approximate surface area is 152 Å². The molecule has 0 spiro atoms. The molecule has 0 saturated carbocycles. The van der Waals surface area contributed by atoms with Crippen LogP contribution < -0.4 is 10.1 Å². The quantitative estimate of drug-likeness (QED) is 0.525. The first kappa shape index (κ1) is 17.5. The number of ether oxygens (including phenoxy) is 1. The molecule has 0 aliphatic carbocycles. The van der Waals surface area contributed by atoms with E-state index in [1.807, 2.05) is 31.2 Å². The van der Waals surface area contributed by atoms with Crippen LogP contribution in [0.5, 0.6) is 5.75 Å². The monoisotopic (exact) mass is 370 g/mol. The summed E-state index contributed by atoms with van der Waals surface area (Å²) in [5.41, 5.74) is 1.36. The molecule has 8 nitrogen and oxygen atoms in total. The molecule has 1 aromatic heterocycles. The number of non-ortho nitro benzene ring substituents is 1. The molecule has 0 atom stereocenters. The van der Waals surface area contributed by atoms with E-state index in [0.717, 1.165) is 11.3 Å². The Bertz CT molecular complexity index is 923. The van der Waals surface area contributed by atoms with Gasteiger partial charge >= 0.3 is 0 Å². The summed E-state index contributed by atoms with van der Waals surface area (Å²) in [5.74, 6) is 0.310. The molecule has 0 radical (unpaired) electrons. The lowest BCUT2D eigenvalue weighted by Crippen LogP contribution is -2.11. The molecule has 0 fully saturated rings. The summed E-state index contributed by atoms with van der Waals surface area (Å²) in [5, 5.41) is 22.1. The normalized spacial score (nSPS) is 10.3. The summed E-state index contributed by atoms with van der Waals surface area (Å²) in [6.07, 6.45) is 0. The molecule has 9 heteroatoms. The largest absolute Gasteiger partial charge is 0.486 e. The van der Waals surface area contributed by atoms with Gasteiger partial charge in [0.2, 0.25) is 5.13 Å². The number of aryl methyl sites for hydroxylation is 1. The van der Waals surface area contributed by atoms with Gasteiger partial charge in [-0.1, -0.05) is 29.0 Å². The Kier molecular flexibility index (Phi) is 5.18. The zero-order valence-corrected chi connectivity index (χ0v) is 14.5. The minimum Gasteiger partial charge on any atom is -0.486 e. The maximum atomic E-state index is 12.1. The predicted molar refractivity (Wildman–Crippen MR) is 96.5 cm³/mol. The van der Waals surface area contributed by atoms with E-state index < -0.39 is 10.8 Å². The summed E-state index contributed by atoms with van der Waals surface area (Å²) < 4.78 is 5.62. The third-order valence-corrected chi connectivity index (χ3v) is 4.22. The molecule has 0 unspecified atom stereocenters. The van der Waals surface area contributed by atoms with E-state index >= 15 is 0 Å². The molecule has 1 amide bonds. The van der Waals surface area contributed by atoms with Gasteiger partial charge in [0.15, 0.2) is 5.01 Å². The predicted octanol–water partition coefficient (Wildman–Crippen LogP) is 3.59. The Balaban J connectivity index is 1.58. The van der Waals surface area contributed by atoms with Crippen LogP contribution in [0.3, 0.4) is 0 Å². The fourth-order valence-corrected chi connectivity index (χ4v) is 2.69. The summed E-state index contributed by atoms with van der Waals surface area (Å²) in [6.45, 7) is 2.24. The van der Waals surface area contributed by atoms with Crippen molar-refractivity contribution in [2.24, 2.45) is 0 Å². The average molecular weight is 370 g/mol. The third-order valence-electron chi connectivity index (χ3n) is 3.41. The number of hydrogen-bond donors (Lipinski definition) is 1. The number of nitro groups is 1. The second-order valence-electron chi connectivity index (χ2n) is 5.36. The minimum atomic E-state index is -0.521. The number of aromatic nitrogens is 2. The van der Waals surface area contributed by atoms with Crippen LogP contribution in [0, 0.1) is 17.0 Å². The van der Waals surface area contributed by atoms with Crippen LogP contribution in [-0.2, 0) is 6.61 Å². The van der Waals surface area contributed by atoms with E-state index in [-0.39, 0.29) is 12.3 Å². The van der Waals surface area contributed by atoms with Crippen molar-refractivity contribution in [2.45, 2.75) is 13.5 Å². The van der Waals surface area contributed by atoms with Crippen LogP contribution in [0.2, 0.25) is 0 Å². The van der Waals surface area contributed by atoms with E-state index in [2.05, 4.69) is 15.5 Å². The Morgan fingerprint density at radius 2 is 1.85 bits per heavy atom. The van der Waals surface area contributed by atoms with Crippen LogP contribution in [0.25, 0.3) is 0 Å². The number of benzene rings is 2. The number of amides is 1. The Hall–Kier alpha value is -3.33. The molecule has 2 aromatic carbocycles. The lowest BCUT2D eigenvalue weighted by Gasteiger charge is -2.03. The standard InChI is InChI=1S/C17H14N4O4S/c1-11-2-8-14(9-3-11)25-10-15-19-20-17(26-15)18-16(22)12-4-6-13(7-5-12)21(23)24/h2-9H,10H2,1H3,(H,18,20,22). The van der Waals surface area contributed by atoms with E-state index in [9.17, 15) is 14.9 Å². The molecule has 3 aromatic rings. The third kappa shape index (κ3) is 4.39. The summed E-state index contributed by atoms with van der Waals surface area (Å²) in [4.78, 5) is 22.3. The molecule has 0 aliphatic rings. The zero-order chi connectivity index (χ0) is 18.5. The number of nitrogens with one attached hydrogen (secondary N) is 1. The smallest absolute Gasteiger partial charge is 0.269 e. The molecule has 0 bridgehead atoms. The van der Waals surface area contributed by atoms with Crippen molar-refractivity contribution >= 4 is 28.1 Å². The fraction of sp³-hybridized carbons (Fsp3) is 0.118. The lowest BCUT2D eigenvalue weighted by molar-refractivity contribution is -0.384. The molecule has 132 valence electrons. The van der Waals surface area contributed by atoms with Crippen molar-refractivity contribution in [2.75, 3.05) is 5.32 Å². The highest BCUT2D eigenvalue weighted by molar-refractivity contribution is 7.15. The Morgan fingerprint density at radius 3 is 2.50 bits per heavy atom. The van der Waals surface area contributed by atoms with Gasteiger partial charge in [-0.15, -0.1) is 10.2 Å². The molecule has 1 heterocycles. The number of carbonyl (C=O) groups excluding carboxylic acids is 1. The maximum absolute atomic E-state index is 12.1. The van der Waals surface area contributed by atoms with Crippen LogP contribution in [0.15, 0.2) is 48.5 Å². The SMILES string of the molecule is Cc1ccc(OCc2nnc(NC(=O)c3ccc([N+](=O)[O-])cc3)s2)cc1. The minimum absolute atomic E-state index is 0.0759. The first-order chi connectivity index (χ1) is 12.5. The molecule has 0 aliphatic heterocycles. The van der Waals surface area contributed by atoms with E-state index in [4.69, 9.17) is 4.74 Å². The van der Waals surface area contributed by atoms with Crippen molar-refractivity contribution in [1.29, 1.82) is 0 Å². The number of nitro benzene ring substituents is 1. The Morgan fingerprint density at radius 1 is 1.15 bits per heavy atom. The van der Waals surface area contributed by atoms with Crippen molar-refractivity contribution in [3.05, 3.63) is 74.8 Å². The molecule has 26 heavy (non-hydrogen) atoms. The number of nitrogens with zero attached hydrogens (tertiary/aromatic N) is 3. The van der Waals surface area contributed by atoms with Crippen molar-refractivity contribution < 1.29 is 14.5 Å². The highest BCUT2D eigenvalue weighted by atomic mass is 32.1. The first-order valence-corrected chi connectivity index (χ1v) is 8.40. The molecule has 0 saturated heterocycles. The van der Waals surface area contributed by atoms with Crippen molar-refractivity contribution in [3.63, 3.8) is 0 Å². The van der Waals surface area contributed by atoms with Gasteiger partial charge < -0.3 is 4.74 Å². The van der Waals surface area contributed by atoms with Crippen molar-refractivity contribution in [1.82, 2.24) is 10.2 Å². The van der Waals surface area contributed by atoms with Gasteiger partial charge in [-0.3, -0.25) is 20.2 Å². The molecular formula is C17H14N4O4S. The van der Waals surface area contributed by atoms with Gasteiger partial charge in [0.25, 0.3) is 11.6 Å². The molecule has 1 N–H and O–H groups in total. The number of anilines is 1. The average Bonchev–Trinajstić information content (AvgIpc) is 3.08. The van der Waals surface area contributed by atoms with Crippen LogP contribution in [-0.4, -0.2) is 21.0 Å². The van der Waals surface area contributed by atoms with Crippen LogP contribution in [0.4, 0.5) is 10.8 Å². The number of rotatable bonds is 6. The second-order valence-corrected chi connectivity index (χ2v) is 6.42. The summed E-state index contributed by atoms with van der Waals surface area (Å²) >= 11 is 1.20. The van der Waals surface area contributed by atoms with E-state index in [1.165, 1.54) is 35.6 Å².